The van der Waals surface area contributed by atoms with Crippen molar-refractivity contribution in [1.82, 2.24) is 4.31 Å². The Kier molecular flexibility index (Phi) is 7.86. The zero-order chi connectivity index (χ0) is 28.3. The lowest BCUT2D eigenvalue weighted by atomic mass is 9.81. The monoisotopic (exact) mass is 558 g/mol. The third kappa shape index (κ3) is 5.30. The predicted molar refractivity (Wildman–Crippen MR) is 152 cm³/mol. The lowest BCUT2D eigenvalue weighted by molar-refractivity contribution is -0.384. The highest BCUT2D eigenvalue weighted by Crippen LogP contribution is 2.43. The molecule has 1 aliphatic rings. The maximum Gasteiger partial charge on any atom is 0.269 e. The summed E-state index contributed by atoms with van der Waals surface area (Å²) in [6.07, 6.45) is 0.914. The van der Waals surface area contributed by atoms with Crippen molar-refractivity contribution in [3.8, 4) is 11.5 Å². The second-order valence-electron chi connectivity index (χ2n) is 9.67. The van der Waals surface area contributed by atoms with Gasteiger partial charge in [0.25, 0.3) is 5.69 Å². The molecule has 4 aromatic carbocycles. The van der Waals surface area contributed by atoms with Gasteiger partial charge in [-0.2, -0.15) is 4.31 Å². The van der Waals surface area contributed by atoms with Crippen molar-refractivity contribution >= 4 is 15.7 Å². The van der Waals surface area contributed by atoms with Gasteiger partial charge in [0, 0.05) is 30.6 Å². The van der Waals surface area contributed by atoms with Crippen LogP contribution in [-0.2, 0) is 22.9 Å². The zero-order valence-corrected chi connectivity index (χ0v) is 23.1. The molecule has 40 heavy (non-hydrogen) atoms. The Bertz CT molecular complexity index is 1590. The van der Waals surface area contributed by atoms with E-state index in [2.05, 4.69) is 0 Å². The van der Waals surface area contributed by atoms with Crippen LogP contribution in [0.1, 0.15) is 28.2 Å². The number of rotatable bonds is 8. The molecular formula is C31H30N2O6S. The highest BCUT2D eigenvalue weighted by molar-refractivity contribution is 7.89. The van der Waals surface area contributed by atoms with Crippen molar-refractivity contribution in [2.45, 2.75) is 29.7 Å². The van der Waals surface area contributed by atoms with Crippen LogP contribution in [-0.4, -0.2) is 44.5 Å². The summed E-state index contributed by atoms with van der Waals surface area (Å²) in [5.74, 6) is 0.832. The number of hydrogen-bond donors (Lipinski definition) is 0. The molecule has 0 spiro atoms. The van der Waals surface area contributed by atoms with E-state index in [1.807, 2.05) is 72.8 Å². The number of hydrogen-bond acceptors (Lipinski definition) is 6. The maximum absolute atomic E-state index is 14.3. The van der Waals surface area contributed by atoms with E-state index in [0.717, 1.165) is 22.3 Å². The van der Waals surface area contributed by atoms with Gasteiger partial charge in [-0.05, 0) is 59.4 Å². The molecule has 9 heteroatoms. The number of nitrogens with zero attached hydrogens (tertiary/aromatic N) is 2. The highest BCUT2D eigenvalue weighted by atomic mass is 32.2. The van der Waals surface area contributed by atoms with Gasteiger partial charge >= 0.3 is 0 Å². The van der Waals surface area contributed by atoms with E-state index in [1.54, 1.807) is 18.5 Å². The zero-order valence-electron chi connectivity index (χ0n) is 22.3. The van der Waals surface area contributed by atoms with Crippen molar-refractivity contribution in [2.24, 2.45) is 0 Å². The number of benzene rings is 4. The molecule has 2 atom stereocenters. The van der Waals surface area contributed by atoms with E-state index in [0.29, 0.717) is 24.3 Å². The van der Waals surface area contributed by atoms with Gasteiger partial charge in [0.1, 0.15) is 0 Å². The Morgan fingerprint density at radius 1 is 0.875 bits per heavy atom. The summed E-state index contributed by atoms with van der Waals surface area (Å²) in [4.78, 5) is 10.7. The summed E-state index contributed by atoms with van der Waals surface area (Å²) >= 11 is 0. The first-order chi connectivity index (χ1) is 19.3. The number of ether oxygens (including phenoxy) is 2. The average Bonchev–Trinajstić information content (AvgIpc) is 3.14. The molecule has 0 radical (unpaired) electrons. The minimum atomic E-state index is -4.04. The van der Waals surface area contributed by atoms with E-state index in [9.17, 15) is 18.5 Å². The molecule has 8 nitrogen and oxygen atoms in total. The summed E-state index contributed by atoms with van der Waals surface area (Å²) in [7, 11) is -0.868. The molecule has 0 unspecified atom stereocenters. The van der Waals surface area contributed by atoms with E-state index in [1.165, 1.54) is 24.3 Å². The quantitative estimate of drug-likeness (QED) is 0.206. The number of non-ortho nitro benzene ring substituents is 1. The standard InChI is InChI=1S/C31H30N2O6S/c1-38-29-20-24-17-18-32(40(36,37)26-15-13-25(14-16-26)33(34)35)28(19-22-9-5-3-6-10-22)31(23-11-7-4-8-12-23)27(24)21-30(29)39-2/h3-16,20-21,28,31H,17-19H2,1-2H3/t28-,31+/m0/s1. The van der Waals surface area contributed by atoms with Crippen molar-refractivity contribution in [1.29, 1.82) is 0 Å². The normalized spacial score (nSPS) is 17.4. The number of sulfonamides is 1. The minimum absolute atomic E-state index is 0.0177. The van der Waals surface area contributed by atoms with Crippen LogP contribution < -0.4 is 9.47 Å². The first-order valence-corrected chi connectivity index (χ1v) is 14.4. The summed E-state index contributed by atoms with van der Waals surface area (Å²) in [6, 6.07) is 28.2. The van der Waals surface area contributed by atoms with Gasteiger partial charge in [-0.25, -0.2) is 8.42 Å². The van der Waals surface area contributed by atoms with E-state index >= 15 is 0 Å². The Balaban J connectivity index is 1.72. The van der Waals surface area contributed by atoms with Gasteiger partial charge < -0.3 is 9.47 Å². The molecule has 0 aromatic heterocycles. The van der Waals surface area contributed by atoms with Crippen LogP contribution >= 0.6 is 0 Å². The number of nitro benzene ring substituents is 1. The van der Waals surface area contributed by atoms with E-state index in [-0.39, 0.29) is 23.0 Å². The molecule has 0 amide bonds. The smallest absolute Gasteiger partial charge is 0.269 e. The fourth-order valence-electron chi connectivity index (χ4n) is 5.52. The molecule has 4 aromatic rings. The van der Waals surface area contributed by atoms with Crippen LogP contribution in [0.3, 0.4) is 0 Å². The van der Waals surface area contributed by atoms with E-state index < -0.39 is 21.0 Å². The first-order valence-electron chi connectivity index (χ1n) is 12.9. The molecule has 0 bridgehead atoms. The largest absolute Gasteiger partial charge is 0.493 e. The molecular weight excluding hydrogens is 528 g/mol. The van der Waals surface area contributed by atoms with Crippen LogP contribution in [0.4, 0.5) is 5.69 Å². The SMILES string of the molecule is COc1cc2c(cc1OC)[C@@H](c1ccccc1)[C@H](Cc1ccccc1)N(S(=O)(=O)c1ccc([N+](=O)[O-])cc1)CC2. The second kappa shape index (κ2) is 11.5. The lowest BCUT2D eigenvalue weighted by Gasteiger charge is -2.35. The molecule has 5 rings (SSSR count). The molecule has 0 aliphatic carbocycles. The third-order valence-corrected chi connectivity index (χ3v) is 9.38. The Morgan fingerprint density at radius 2 is 1.48 bits per heavy atom. The summed E-state index contributed by atoms with van der Waals surface area (Å²) in [6.45, 7) is 0.225. The van der Waals surface area contributed by atoms with Crippen LogP contribution in [0, 0.1) is 10.1 Å². The lowest BCUT2D eigenvalue weighted by Crippen LogP contribution is -2.45. The van der Waals surface area contributed by atoms with Crippen molar-refractivity contribution in [2.75, 3.05) is 20.8 Å². The molecule has 206 valence electrons. The fraction of sp³-hybridized carbons (Fsp3) is 0.226. The number of methoxy groups -OCH3 is 2. The van der Waals surface area contributed by atoms with Gasteiger partial charge in [0.2, 0.25) is 10.0 Å². The summed E-state index contributed by atoms with van der Waals surface area (Å²) in [5.41, 5.74) is 3.77. The van der Waals surface area contributed by atoms with Crippen molar-refractivity contribution in [3.63, 3.8) is 0 Å². The Morgan fingerprint density at radius 3 is 2.08 bits per heavy atom. The van der Waals surface area contributed by atoms with Crippen LogP contribution in [0.15, 0.2) is 102 Å². The highest BCUT2D eigenvalue weighted by Gasteiger charge is 2.41. The molecule has 0 saturated heterocycles. The Hall–Kier alpha value is -4.21. The van der Waals surface area contributed by atoms with Gasteiger partial charge in [-0.15, -0.1) is 0 Å². The van der Waals surface area contributed by atoms with Crippen molar-refractivity contribution in [3.05, 3.63) is 129 Å². The summed E-state index contributed by atoms with van der Waals surface area (Å²) in [5, 5.41) is 11.2. The van der Waals surface area contributed by atoms with Crippen LogP contribution in [0.2, 0.25) is 0 Å². The second-order valence-corrected chi connectivity index (χ2v) is 11.6. The average molecular weight is 559 g/mol. The topological polar surface area (TPSA) is 99.0 Å². The van der Waals surface area contributed by atoms with Gasteiger partial charge in [0.15, 0.2) is 11.5 Å². The van der Waals surface area contributed by atoms with Gasteiger partial charge in [0.05, 0.1) is 24.0 Å². The number of nitro groups is 1. The molecule has 1 aliphatic heterocycles. The minimum Gasteiger partial charge on any atom is -0.493 e. The van der Waals surface area contributed by atoms with Gasteiger partial charge in [-0.3, -0.25) is 10.1 Å². The van der Waals surface area contributed by atoms with E-state index in [4.69, 9.17) is 9.47 Å². The van der Waals surface area contributed by atoms with Crippen LogP contribution in [0.5, 0.6) is 11.5 Å². The molecule has 0 saturated carbocycles. The molecule has 1 heterocycles. The first kappa shape index (κ1) is 27.4. The van der Waals surface area contributed by atoms with Crippen LogP contribution in [0.25, 0.3) is 0 Å². The Labute approximate surface area is 234 Å². The maximum atomic E-state index is 14.3. The molecule has 0 N–H and O–H groups in total. The third-order valence-electron chi connectivity index (χ3n) is 7.44. The summed E-state index contributed by atoms with van der Waals surface area (Å²) < 4.78 is 41.4. The fourth-order valence-corrected chi connectivity index (χ4v) is 7.16. The predicted octanol–water partition coefficient (Wildman–Crippen LogP) is 5.60. The number of fused-ring (bicyclic) bond motifs is 1. The molecule has 0 fully saturated rings. The van der Waals surface area contributed by atoms with Gasteiger partial charge in [-0.1, -0.05) is 60.7 Å². The van der Waals surface area contributed by atoms with Crippen molar-refractivity contribution < 1.29 is 22.8 Å².